The van der Waals surface area contributed by atoms with Gasteiger partial charge in [-0.05, 0) is 37.6 Å². The van der Waals surface area contributed by atoms with Gasteiger partial charge in [0.1, 0.15) is 0 Å². The van der Waals surface area contributed by atoms with Crippen LogP contribution in [0.25, 0.3) is 0 Å². The zero-order valence-corrected chi connectivity index (χ0v) is 13.0. The Morgan fingerprint density at radius 2 is 2.00 bits per heavy atom. The summed E-state index contributed by atoms with van der Waals surface area (Å²) in [6.07, 6.45) is 3.85. The van der Waals surface area contributed by atoms with Gasteiger partial charge in [0.05, 0.1) is 6.61 Å². The van der Waals surface area contributed by atoms with Gasteiger partial charge in [-0.2, -0.15) is 0 Å². The average molecular weight is 268 g/mol. The van der Waals surface area contributed by atoms with Crippen molar-refractivity contribution < 1.29 is 4.74 Å². The molecule has 19 heavy (non-hydrogen) atoms. The highest BCUT2D eigenvalue weighted by Gasteiger charge is 2.29. The second kappa shape index (κ2) is 7.61. The van der Waals surface area contributed by atoms with Crippen LogP contribution in [0.4, 0.5) is 0 Å². The second-order valence-electron chi connectivity index (χ2n) is 6.85. The van der Waals surface area contributed by atoms with E-state index >= 15 is 0 Å². The van der Waals surface area contributed by atoms with Gasteiger partial charge < -0.3 is 15.0 Å². The average Bonchev–Trinajstić information content (AvgIpc) is 2.87. The molecule has 0 amide bonds. The summed E-state index contributed by atoms with van der Waals surface area (Å²) < 4.78 is 5.59. The fourth-order valence-corrected chi connectivity index (χ4v) is 3.80. The molecule has 2 aliphatic heterocycles. The molecule has 0 aliphatic carbocycles. The molecule has 0 radical (unpaired) electrons. The van der Waals surface area contributed by atoms with Crippen molar-refractivity contribution in [3.05, 3.63) is 0 Å². The van der Waals surface area contributed by atoms with E-state index in [-0.39, 0.29) is 0 Å². The Labute approximate surface area is 119 Å². The summed E-state index contributed by atoms with van der Waals surface area (Å²) in [5.41, 5.74) is 0. The van der Waals surface area contributed by atoms with Crippen LogP contribution in [0.2, 0.25) is 0 Å². The molecule has 0 spiro atoms. The third-order valence-electron chi connectivity index (χ3n) is 4.59. The fourth-order valence-electron chi connectivity index (χ4n) is 3.80. The molecule has 0 saturated carbocycles. The molecule has 0 aromatic heterocycles. The predicted octanol–water partition coefficient (Wildman–Crippen LogP) is 2.37. The smallest absolute Gasteiger partial charge is 0.0510 e. The normalized spacial score (nSPS) is 34.6. The molecular formula is C16H32N2O. The summed E-state index contributed by atoms with van der Waals surface area (Å²) in [7, 11) is 0. The van der Waals surface area contributed by atoms with Gasteiger partial charge in [0, 0.05) is 38.2 Å². The Bertz CT molecular complexity index is 243. The van der Waals surface area contributed by atoms with E-state index in [1.165, 1.54) is 38.9 Å². The zero-order valence-electron chi connectivity index (χ0n) is 13.0. The second-order valence-corrected chi connectivity index (χ2v) is 6.85. The summed E-state index contributed by atoms with van der Waals surface area (Å²) in [5, 5.41) is 3.77. The first-order valence-corrected chi connectivity index (χ1v) is 8.22. The molecule has 3 nitrogen and oxygen atoms in total. The molecule has 112 valence electrons. The minimum absolute atomic E-state index is 0.625. The molecular weight excluding hydrogens is 236 g/mol. The molecule has 4 atom stereocenters. The van der Waals surface area contributed by atoms with Crippen molar-refractivity contribution in [3.63, 3.8) is 0 Å². The molecule has 3 heteroatoms. The SMILES string of the molecule is CCCNC(CN1CC(C)CC(C)C1)C1CCOC1. The van der Waals surface area contributed by atoms with Crippen LogP contribution in [0.3, 0.4) is 0 Å². The van der Waals surface area contributed by atoms with Crippen molar-refractivity contribution in [2.45, 2.75) is 46.1 Å². The van der Waals surface area contributed by atoms with E-state index in [2.05, 4.69) is 31.0 Å². The summed E-state index contributed by atoms with van der Waals surface area (Å²) in [6.45, 7) is 13.9. The van der Waals surface area contributed by atoms with Crippen LogP contribution in [-0.4, -0.2) is 50.3 Å². The van der Waals surface area contributed by atoms with Crippen molar-refractivity contribution >= 4 is 0 Å². The van der Waals surface area contributed by atoms with E-state index in [4.69, 9.17) is 4.74 Å². The van der Waals surface area contributed by atoms with Crippen LogP contribution in [0.15, 0.2) is 0 Å². The number of hydrogen-bond acceptors (Lipinski definition) is 3. The molecule has 2 saturated heterocycles. The Morgan fingerprint density at radius 1 is 1.26 bits per heavy atom. The van der Waals surface area contributed by atoms with Gasteiger partial charge in [-0.1, -0.05) is 20.8 Å². The Morgan fingerprint density at radius 3 is 2.58 bits per heavy atom. The Kier molecular flexibility index (Phi) is 6.11. The quantitative estimate of drug-likeness (QED) is 0.800. The van der Waals surface area contributed by atoms with Gasteiger partial charge in [0.2, 0.25) is 0 Å². The lowest BCUT2D eigenvalue weighted by Gasteiger charge is -2.38. The lowest BCUT2D eigenvalue weighted by atomic mass is 9.90. The number of likely N-dealkylation sites (tertiary alicyclic amines) is 1. The van der Waals surface area contributed by atoms with Crippen LogP contribution in [0.5, 0.6) is 0 Å². The van der Waals surface area contributed by atoms with E-state index in [1.54, 1.807) is 0 Å². The molecule has 0 aromatic carbocycles. The molecule has 4 unspecified atom stereocenters. The number of nitrogens with zero attached hydrogens (tertiary/aromatic N) is 1. The van der Waals surface area contributed by atoms with Crippen LogP contribution in [0, 0.1) is 17.8 Å². The molecule has 2 heterocycles. The van der Waals surface area contributed by atoms with E-state index in [1.807, 2.05) is 0 Å². The number of piperidine rings is 1. The molecule has 2 aliphatic rings. The molecule has 2 fully saturated rings. The van der Waals surface area contributed by atoms with Crippen molar-refractivity contribution in [2.24, 2.45) is 17.8 Å². The zero-order chi connectivity index (χ0) is 13.7. The van der Waals surface area contributed by atoms with Crippen molar-refractivity contribution in [2.75, 3.05) is 39.4 Å². The van der Waals surface area contributed by atoms with Gasteiger partial charge in [0.25, 0.3) is 0 Å². The van der Waals surface area contributed by atoms with Gasteiger partial charge in [0.15, 0.2) is 0 Å². The van der Waals surface area contributed by atoms with Crippen molar-refractivity contribution in [1.82, 2.24) is 10.2 Å². The molecule has 0 aromatic rings. The Hall–Kier alpha value is -0.120. The van der Waals surface area contributed by atoms with Crippen molar-refractivity contribution in [3.8, 4) is 0 Å². The first-order valence-electron chi connectivity index (χ1n) is 8.22. The van der Waals surface area contributed by atoms with Crippen LogP contribution >= 0.6 is 0 Å². The highest BCUT2D eigenvalue weighted by Crippen LogP contribution is 2.23. The summed E-state index contributed by atoms with van der Waals surface area (Å²) >= 11 is 0. The molecule has 1 N–H and O–H groups in total. The van der Waals surface area contributed by atoms with Crippen LogP contribution < -0.4 is 5.32 Å². The first kappa shape index (κ1) is 15.3. The Balaban J connectivity index is 1.86. The topological polar surface area (TPSA) is 24.5 Å². The monoisotopic (exact) mass is 268 g/mol. The number of nitrogens with one attached hydrogen (secondary N) is 1. The third kappa shape index (κ3) is 4.73. The third-order valence-corrected chi connectivity index (χ3v) is 4.59. The maximum Gasteiger partial charge on any atom is 0.0510 e. The summed E-state index contributed by atoms with van der Waals surface area (Å²) in [6, 6.07) is 0.625. The van der Waals surface area contributed by atoms with E-state index in [0.29, 0.717) is 6.04 Å². The van der Waals surface area contributed by atoms with Crippen LogP contribution in [0.1, 0.15) is 40.0 Å². The highest BCUT2D eigenvalue weighted by molar-refractivity contribution is 4.85. The van der Waals surface area contributed by atoms with Gasteiger partial charge in [-0.15, -0.1) is 0 Å². The first-order chi connectivity index (χ1) is 9.19. The van der Waals surface area contributed by atoms with E-state index < -0.39 is 0 Å². The molecule has 0 bridgehead atoms. The number of hydrogen-bond donors (Lipinski definition) is 1. The lowest BCUT2D eigenvalue weighted by molar-refractivity contribution is 0.110. The number of rotatable bonds is 6. The maximum absolute atomic E-state index is 5.59. The predicted molar refractivity (Wildman–Crippen MR) is 80.4 cm³/mol. The summed E-state index contributed by atoms with van der Waals surface area (Å²) in [4.78, 5) is 2.68. The van der Waals surface area contributed by atoms with Gasteiger partial charge >= 0.3 is 0 Å². The largest absolute Gasteiger partial charge is 0.381 e. The van der Waals surface area contributed by atoms with Crippen LogP contribution in [-0.2, 0) is 4.74 Å². The van der Waals surface area contributed by atoms with Gasteiger partial charge in [-0.25, -0.2) is 0 Å². The van der Waals surface area contributed by atoms with Crippen molar-refractivity contribution in [1.29, 1.82) is 0 Å². The van der Waals surface area contributed by atoms with E-state index in [0.717, 1.165) is 37.5 Å². The summed E-state index contributed by atoms with van der Waals surface area (Å²) in [5.74, 6) is 2.44. The standard InChI is InChI=1S/C16H32N2O/c1-4-6-17-16(15-5-7-19-12-15)11-18-9-13(2)8-14(3)10-18/h13-17H,4-12H2,1-3H3. The van der Waals surface area contributed by atoms with Gasteiger partial charge in [-0.3, -0.25) is 0 Å². The molecule has 2 rings (SSSR count). The minimum Gasteiger partial charge on any atom is -0.381 e. The minimum atomic E-state index is 0.625. The van der Waals surface area contributed by atoms with E-state index in [9.17, 15) is 0 Å². The fraction of sp³-hybridized carbons (Fsp3) is 1.00. The maximum atomic E-state index is 5.59. The number of ether oxygens (including phenoxy) is 1. The lowest BCUT2D eigenvalue weighted by Crippen LogP contribution is -2.50. The highest BCUT2D eigenvalue weighted by atomic mass is 16.5.